The highest BCUT2D eigenvalue weighted by Gasteiger charge is 2.27. The second kappa shape index (κ2) is 6.15. The van der Waals surface area contributed by atoms with E-state index in [0.717, 1.165) is 4.68 Å². The van der Waals surface area contributed by atoms with Crippen molar-refractivity contribution in [3.8, 4) is 0 Å². The van der Waals surface area contributed by atoms with Crippen LogP contribution in [0, 0.1) is 5.92 Å². The quantitative estimate of drug-likeness (QED) is 0.862. The summed E-state index contributed by atoms with van der Waals surface area (Å²) in [4.78, 5) is 37.1. The molecule has 0 unspecified atom stereocenters. The molecule has 1 aromatic carbocycles. The topological polar surface area (TPSA) is 105 Å². The molecule has 2 heterocycles. The lowest BCUT2D eigenvalue weighted by Gasteiger charge is -2.30. The van der Waals surface area contributed by atoms with Crippen molar-refractivity contribution in [1.82, 2.24) is 19.9 Å². The first-order valence-corrected chi connectivity index (χ1v) is 7.39. The number of hydrogen-bond donors (Lipinski definition) is 1. The first-order valence-electron chi connectivity index (χ1n) is 7.39. The number of carboxylic acids is 1. The lowest BCUT2D eigenvalue weighted by Crippen LogP contribution is -2.43. The molecule has 0 saturated carbocycles. The Morgan fingerprint density at radius 3 is 2.61 bits per heavy atom. The predicted molar refractivity (Wildman–Crippen MR) is 80.7 cm³/mol. The molecule has 3 rings (SSSR count). The molecule has 1 amide bonds. The predicted octanol–water partition coefficient (Wildman–Crippen LogP) is 0.115. The van der Waals surface area contributed by atoms with Crippen molar-refractivity contribution < 1.29 is 14.7 Å². The maximum absolute atomic E-state index is 12.3. The lowest BCUT2D eigenvalue weighted by atomic mass is 9.97. The summed E-state index contributed by atoms with van der Waals surface area (Å²) in [6, 6.07) is 6.82. The fraction of sp³-hybridized carbons (Fsp3) is 0.400. The van der Waals surface area contributed by atoms with Gasteiger partial charge >= 0.3 is 5.97 Å². The van der Waals surface area contributed by atoms with Gasteiger partial charge in [0.1, 0.15) is 12.1 Å². The number of carboxylic acid groups (broad SMARTS) is 1. The molecule has 120 valence electrons. The normalized spacial score (nSPS) is 15.7. The molecule has 23 heavy (non-hydrogen) atoms. The second-order valence-corrected chi connectivity index (χ2v) is 5.56. The summed E-state index contributed by atoms with van der Waals surface area (Å²) in [5.74, 6) is -1.48. The third-order valence-electron chi connectivity index (χ3n) is 4.11. The Labute approximate surface area is 131 Å². The maximum Gasteiger partial charge on any atom is 0.306 e. The van der Waals surface area contributed by atoms with E-state index in [-0.39, 0.29) is 18.0 Å². The van der Waals surface area contributed by atoms with Crippen molar-refractivity contribution in [2.45, 2.75) is 19.4 Å². The van der Waals surface area contributed by atoms with Crippen LogP contribution in [-0.2, 0) is 16.1 Å². The molecule has 1 aliphatic rings. The zero-order valence-electron chi connectivity index (χ0n) is 12.4. The minimum atomic E-state index is -0.825. The van der Waals surface area contributed by atoms with Gasteiger partial charge in [0, 0.05) is 13.1 Å². The van der Waals surface area contributed by atoms with Crippen LogP contribution in [0.4, 0.5) is 0 Å². The van der Waals surface area contributed by atoms with Gasteiger partial charge in [-0.25, -0.2) is 4.68 Å². The second-order valence-electron chi connectivity index (χ2n) is 5.56. The van der Waals surface area contributed by atoms with E-state index < -0.39 is 11.9 Å². The highest BCUT2D eigenvalue weighted by Crippen LogP contribution is 2.17. The SMILES string of the molecule is O=C(O)C1CCN(C(=O)Cn2nnc3ccccc3c2=O)CC1. The fourth-order valence-electron chi connectivity index (χ4n) is 2.73. The summed E-state index contributed by atoms with van der Waals surface area (Å²) in [6.45, 7) is 0.575. The van der Waals surface area contributed by atoms with Gasteiger partial charge in [0.15, 0.2) is 0 Å². The molecule has 1 aliphatic heterocycles. The Morgan fingerprint density at radius 1 is 1.22 bits per heavy atom. The number of nitrogens with zero attached hydrogens (tertiary/aromatic N) is 4. The molecular weight excluding hydrogens is 300 g/mol. The van der Waals surface area contributed by atoms with Crippen molar-refractivity contribution in [3.05, 3.63) is 34.6 Å². The van der Waals surface area contributed by atoms with Gasteiger partial charge in [0.05, 0.1) is 11.3 Å². The highest BCUT2D eigenvalue weighted by atomic mass is 16.4. The van der Waals surface area contributed by atoms with E-state index >= 15 is 0 Å². The van der Waals surface area contributed by atoms with Crippen molar-refractivity contribution >= 4 is 22.8 Å². The summed E-state index contributed by atoms with van der Waals surface area (Å²) in [5.41, 5.74) is 0.132. The van der Waals surface area contributed by atoms with Gasteiger partial charge in [-0.2, -0.15) is 0 Å². The molecule has 0 aliphatic carbocycles. The van der Waals surface area contributed by atoms with Gasteiger partial charge in [-0.1, -0.05) is 17.3 Å². The van der Waals surface area contributed by atoms with E-state index in [0.29, 0.717) is 36.8 Å². The average Bonchev–Trinajstić information content (AvgIpc) is 2.57. The standard InChI is InChI=1S/C15H16N4O4/c20-13(18-7-5-10(6-8-18)15(22)23)9-19-14(21)11-3-1-2-4-12(11)16-17-19/h1-4,10H,5-9H2,(H,22,23). The van der Waals surface area contributed by atoms with Gasteiger partial charge in [0.25, 0.3) is 5.56 Å². The van der Waals surface area contributed by atoms with Gasteiger partial charge in [-0.05, 0) is 25.0 Å². The van der Waals surface area contributed by atoms with Crippen LogP contribution >= 0.6 is 0 Å². The van der Waals surface area contributed by atoms with E-state index in [1.54, 1.807) is 29.2 Å². The van der Waals surface area contributed by atoms with E-state index in [1.807, 2.05) is 0 Å². The molecular formula is C15H16N4O4. The monoisotopic (exact) mass is 316 g/mol. The Bertz CT molecular complexity index is 808. The number of carbonyl (C=O) groups excluding carboxylic acids is 1. The zero-order valence-corrected chi connectivity index (χ0v) is 12.4. The van der Waals surface area contributed by atoms with E-state index in [9.17, 15) is 14.4 Å². The highest BCUT2D eigenvalue weighted by molar-refractivity contribution is 5.78. The smallest absolute Gasteiger partial charge is 0.306 e. The van der Waals surface area contributed by atoms with Gasteiger partial charge < -0.3 is 10.0 Å². The van der Waals surface area contributed by atoms with Gasteiger partial charge in [-0.15, -0.1) is 5.10 Å². The number of hydrogen-bond acceptors (Lipinski definition) is 5. The van der Waals surface area contributed by atoms with Gasteiger partial charge in [-0.3, -0.25) is 14.4 Å². The van der Waals surface area contributed by atoms with Crippen molar-refractivity contribution in [2.75, 3.05) is 13.1 Å². The van der Waals surface area contributed by atoms with Crippen molar-refractivity contribution in [1.29, 1.82) is 0 Å². The first-order chi connectivity index (χ1) is 11.1. The third-order valence-corrected chi connectivity index (χ3v) is 4.11. The number of piperidine rings is 1. The molecule has 1 saturated heterocycles. The number of amides is 1. The number of benzene rings is 1. The number of carbonyl (C=O) groups is 2. The van der Waals surface area contributed by atoms with Crippen LogP contribution in [0.15, 0.2) is 29.1 Å². The summed E-state index contributed by atoms with van der Waals surface area (Å²) in [5, 5.41) is 17.1. The van der Waals surface area contributed by atoms with Crippen LogP contribution in [0.25, 0.3) is 10.9 Å². The fourth-order valence-corrected chi connectivity index (χ4v) is 2.73. The number of fused-ring (bicyclic) bond motifs is 1. The Hall–Kier alpha value is -2.77. The van der Waals surface area contributed by atoms with Crippen LogP contribution in [-0.4, -0.2) is 50.0 Å². The average molecular weight is 316 g/mol. The van der Waals surface area contributed by atoms with E-state index in [2.05, 4.69) is 10.3 Å². The van der Waals surface area contributed by atoms with Crippen molar-refractivity contribution in [3.63, 3.8) is 0 Å². The Kier molecular flexibility index (Phi) is 4.05. The first kappa shape index (κ1) is 15.1. The number of aliphatic carboxylic acids is 1. The van der Waals surface area contributed by atoms with Crippen LogP contribution in [0.1, 0.15) is 12.8 Å². The molecule has 0 radical (unpaired) electrons. The summed E-state index contributed by atoms with van der Waals surface area (Å²) in [7, 11) is 0. The molecule has 1 fully saturated rings. The largest absolute Gasteiger partial charge is 0.481 e. The molecule has 8 heteroatoms. The number of aromatic nitrogens is 3. The molecule has 8 nitrogen and oxygen atoms in total. The Balaban J connectivity index is 1.73. The van der Waals surface area contributed by atoms with E-state index in [4.69, 9.17) is 5.11 Å². The number of likely N-dealkylation sites (tertiary alicyclic amines) is 1. The zero-order chi connectivity index (χ0) is 16.4. The van der Waals surface area contributed by atoms with E-state index in [1.165, 1.54) is 0 Å². The third kappa shape index (κ3) is 3.05. The molecule has 0 spiro atoms. The van der Waals surface area contributed by atoms with Crippen LogP contribution in [0.2, 0.25) is 0 Å². The maximum atomic E-state index is 12.3. The minimum absolute atomic E-state index is 0.186. The number of rotatable bonds is 3. The van der Waals surface area contributed by atoms with Crippen molar-refractivity contribution in [2.24, 2.45) is 5.92 Å². The molecule has 2 aromatic rings. The molecule has 1 N–H and O–H groups in total. The van der Waals surface area contributed by atoms with Crippen LogP contribution in [0.3, 0.4) is 0 Å². The summed E-state index contributed by atoms with van der Waals surface area (Å²) < 4.78 is 1.05. The van der Waals surface area contributed by atoms with Gasteiger partial charge in [0.2, 0.25) is 5.91 Å². The molecule has 0 atom stereocenters. The molecule has 1 aromatic heterocycles. The summed E-state index contributed by atoms with van der Waals surface area (Å²) >= 11 is 0. The van der Waals surface area contributed by atoms with Crippen LogP contribution < -0.4 is 5.56 Å². The molecule has 0 bridgehead atoms. The lowest BCUT2D eigenvalue weighted by molar-refractivity contribution is -0.145. The summed E-state index contributed by atoms with van der Waals surface area (Å²) in [6.07, 6.45) is 0.860. The minimum Gasteiger partial charge on any atom is -0.481 e. The Morgan fingerprint density at radius 2 is 1.91 bits per heavy atom. The van der Waals surface area contributed by atoms with Crippen LogP contribution in [0.5, 0.6) is 0 Å².